The highest BCUT2D eigenvalue weighted by Crippen LogP contribution is 2.17. The van der Waals surface area contributed by atoms with Gasteiger partial charge in [-0.2, -0.15) is 0 Å². The van der Waals surface area contributed by atoms with Gasteiger partial charge in [0.15, 0.2) is 5.69 Å². The summed E-state index contributed by atoms with van der Waals surface area (Å²) >= 11 is 0. The zero-order chi connectivity index (χ0) is 19.1. The van der Waals surface area contributed by atoms with E-state index in [4.69, 9.17) is 9.15 Å². The van der Waals surface area contributed by atoms with E-state index in [2.05, 4.69) is 23.6 Å². The second-order valence-electron chi connectivity index (χ2n) is 6.26. The molecule has 140 valence electrons. The number of hydrogen-bond acceptors (Lipinski definition) is 6. The van der Waals surface area contributed by atoms with Gasteiger partial charge in [0.2, 0.25) is 5.89 Å². The van der Waals surface area contributed by atoms with E-state index in [1.807, 2.05) is 0 Å². The first-order valence-corrected chi connectivity index (χ1v) is 8.40. The predicted molar refractivity (Wildman–Crippen MR) is 95.0 cm³/mol. The summed E-state index contributed by atoms with van der Waals surface area (Å²) in [6.45, 7) is 4.90. The van der Waals surface area contributed by atoms with Gasteiger partial charge in [0.1, 0.15) is 12.0 Å². The van der Waals surface area contributed by atoms with E-state index < -0.39 is 5.97 Å². The molecule has 0 radical (unpaired) electrons. The van der Waals surface area contributed by atoms with Gasteiger partial charge in [0.05, 0.1) is 20.8 Å². The molecule has 1 amide bonds. The van der Waals surface area contributed by atoms with Crippen molar-refractivity contribution in [3.8, 4) is 5.75 Å². The zero-order valence-corrected chi connectivity index (χ0v) is 15.5. The lowest BCUT2D eigenvalue weighted by atomic mass is 10.1. The first-order chi connectivity index (χ1) is 12.4. The molecule has 2 rings (SSSR count). The molecule has 1 aromatic carbocycles. The summed E-state index contributed by atoms with van der Waals surface area (Å²) in [5, 5.41) is 0. The van der Waals surface area contributed by atoms with Crippen molar-refractivity contribution in [1.29, 1.82) is 0 Å². The number of hydrogen-bond donors (Lipinski definition) is 0. The molecular weight excluding hydrogens is 336 g/mol. The summed E-state index contributed by atoms with van der Waals surface area (Å²) in [6, 6.07) is 6.99. The third kappa shape index (κ3) is 5.08. The highest BCUT2D eigenvalue weighted by atomic mass is 16.5. The molecular formula is C19H24N2O5. The number of rotatable bonds is 8. The van der Waals surface area contributed by atoms with Crippen LogP contribution in [0.3, 0.4) is 0 Å². The lowest BCUT2D eigenvalue weighted by Gasteiger charge is -2.22. The SMILES string of the molecule is COC(=O)c1coc(CN(CCC(C)C)C(=O)c2cccc(OC)c2)n1. The monoisotopic (exact) mass is 360 g/mol. The van der Waals surface area contributed by atoms with Crippen molar-refractivity contribution in [1.82, 2.24) is 9.88 Å². The third-order valence-electron chi connectivity index (χ3n) is 3.85. The van der Waals surface area contributed by atoms with Gasteiger partial charge < -0.3 is 18.8 Å². The molecule has 1 heterocycles. The number of amides is 1. The predicted octanol–water partition coefficient (Wildman–Crippen LogP) is 3.16. The van der Waals surface area contributed by atoms with Crippen molar-refractivity contribution in [3.05, 3.63) is 47.7 Å². The minimum atomic E-state index is -0.576. The number of esters is 1. The number of oxazole rings is 1. The minimum Gasteiger partial charge on any atom is -0.497 e. The van der Waals surface area contributed by atoms with Gasteiger partial charge in [-0.05, 0) is 30.5 Å². The number of aromatic nitrogens is 1. The second-order valence-corrected chi connectivity index (χ2v) is 6.26. The number of ether oxygens (including phenoxy) is 2. The Hall–Kier alpha value is -2.83. The second kappa shape index (κ2) is 9.03. The molecule has 0 saturated carbocycles. The fraction of sp³-hybridized carbons (Fsp3) is 0.421. The van der Waals surface area contributed by atoms with Crippen molar-refractivity contribution in [3.63, 3.8) is 0 Å². The van der Waals surface area contributed by atoms with Gasteiger partial charge in [-0.3, -0.25) is 4.79 Å². The van der Waals surface area contributed by atoms with Crippen molar-refractivity contribution in [2.45, 2.75) is 26.8 Å². The topological polar surface area (TPSA) is 81.9 Å². The van der Waals surface area contributed by atoms with Crippen molar-refractivity contribution >= 4 is 11.9 Å². The number of carbonyl (C=O) groups is 2. The van der Waals surface area contributed by atoms with Gasteiger partial charge >= 0.3 is 5.97 Å². The molecule has 0 unspecified atom stereocenters. The molecule has 0 saturated heterocycles. The Kier molecular flexibility index (Phi) is 6.77. The summed E-state index contributed by atoms with van der Waals surface area (Å²) in [5.41, 5.74) is 0.605. The molecule has 0 aliphatic rings. The van der Waals surface area contributed by atoms with Gasteiger partial charge in [-0.15, -0.1) is 0 Å². The normalized spacial score (nSPS) is 10.7. The number of methoxy groups -OCH3 is 2. The van der Waals surface area contributed by atoms with E-state index in [1.54, 1.807) is 36.3 Å². The first kappa shape index (κ1) is 19.5. The number of benzene rings is 1. The fourth-order valence-corrected chi connectivity index (χ4v) is 2.35. The molecule has 0 spiro atoms. The zero-order valence-electron chi connectivity index (χ0n) is 15.5. The molecule has 0 atom stereocenters. The van der Waals surface area contributed by atoms with Crippen LogP contribution in [0.15, 0.2) is 34.9 Å². The Morgan fingerprint density at radius 3 is 2.69 bits per heavy atom. The maximum atomic E-state index is 12.9. The quantitative estimate of drug-likeness (QED) is 0.673. The molecule has 26 heavy (non-hydrogen) atoms. The van der Waals surface area contributed by atoms with Gasteiger partial charge in [0, 0.05) is 12.1 Å². The molecule has 0 N–H and O–H groups in total. The fourth-order valence-electron chi connectivity index (χ4n) is 2.35. The van der Waals surface area contributed by atoms with E-state index in [0.29, 0.717) is 23.8 Å². The van der Waals surface area contributed by atoms with Gasteiger partial charge in [0.25, 0.3) is 5.91 Å². The van der Waals surface area contributed by atoms with E-state index in [-0.39, 0.29) is 24.0 Å². The van der Waals surface area contributed by atoms with Crippen LogP contribution in [0, 0.1) is 5.92 Å². The average molecular weight is 360 g/mol. The third-order valence-corrected chi connectivity index (χ3v) is 3.85. The Morgan fingerprint density at radius 2 is 2.04 bits per heavy atom. The van der Waals surface area contributed by atoms with Gasteiger partial charge in [-0.1, -0.05) is 19.9 Å². The van der Waals surface area contributed by atoms with Crippen LogP contribution < -0.4 is 4.74 Å². The molecule has 0 fully saturated rings. The van der Waals surface area contributed by atoms with Gasteiger partial charge in [-0.25, -0.2) is 9.78 Å². The van der Waals surface area contributed by atoms with E-state index >= 15 is 0 Å². The Labute approximate surface area is 152 Å². The van der Waals surface area contributed by atoms with Crippen molar-refractivity contribution in [2.24, 2.45) is 5.92 Å². The molecule has 0 aliphatic heterocycles. The largest absolute Gasteiger partial charge is 0.497 e. The van der Waals surface area contributed by atoms with Crippen LogP contribution in [0.25, 0.3) is 0 Å². The van der Waals surface area contributed by atoms with Crippen LogP contribution in [-0.2, 0) is 11.3 Å². The maximum Gasteiger partial charge on any atom is 0.360 e. The lowest BCUT2D eigenvalue weighted by molar-refractivity contribution is 0.0594. The van der Waals surface area contributed by atoms with Crippen LogP contribution >= 0.6 is 0 Å². The van der Waals surface area contributed by atoms with E-state index in [0.717, 1.165) is 6.42 Å². The Morgan fingerprint density at radius 1 is 1.27 bits per heavy atom. The van der Waals surface area contributed by atoms with Crippen LogP contribution in [0.4, 0.5) is 0 Å². The minimum absolute atomic E-state index is 0.0835. The average Bonchev–Trinajstić information content (AvgIpc) is 3.12. The summed E-state index contributed by atoms with van der Waals surface area (Å²) < 4.78 is 15.1. The maximum absolute atomic E-state index is 12.9. The highest BCUT2D eigenvalue weighted by Gasteiger charge is 2.20. The van der Waals surface area contributed by atoms with Crippen LogP contribution in [0.5, 0.6) is 5.75 Å². The molecule has 7 heteroatoms. The van der Waals surface area contributed by atoms with Crippen LogP contribution in [0.2, 0.25) is 0 Å². The van der Waals surface area contributed by atoms with Crippen LogP contribution in [-0.4, -0.2) is 42.5 Å². The van der Waals surface area contributed by atoms with Crippen molar-refractivity contribution < 1.29 is 23.5 Å². The Balaban J connectivity index is 2.20. The lowest BCUT2D eigenvalue weighted by Crippen LogP contribution is -2.32. The smallest absolute Gasteiger partial charge is 0.360 e. The summed E-state index contributed by atoms with van der Waals surface area (Å²) in [4.78, 5) is 30.2. The summed E-state index contributed by atoms with van der Waals surface area (Å²) in [6.07, 6.45) is 2.07. The molecule has 1 aromatic heterocycles. The molecule has 2 aromatic rings. The van der Waals surface area contributed by atoms with E-state index in [1.165, 1.54) is 13.4 Å². The summed E-state index contributed by atoms with van der Waals surface area (Å²) in [7, 11) is 2.83. The van der Waals surface area contributed by atoms with Crippen molar-refractivity contribution in [2.75, 3.05) is 20.8 Å². The molecule has 0 bridgehead atoms. The van der Waals surface area contributed by atoms with Crippen LogP contribution in [0.1, 0.15) is 47.0 Å². The highest BCUT2D eigenvalue weighted by molar-refractivity contribution is 5.94. The van der Waals surface area contributed by atoms with E-state index in [9.17, 15) is 9.59 Å². The summed E-state index contributed by atoms with van der Waals surface area (Å²) in [5.74, 6) is 0.607. The standard InChI is InChI=1S/C19H24N2O5/c1-13(2)8-9-21(11-17-20-16(12-26-17)19(23)25-4)18(22)14-6-5-7-15(10-14)24-3/h5-7,10,12-13H,8-9,11H2,1-4H3. The number of carbonyl (C=O) groups excluding carboxylic acids is 2. The molecule has 0 aliphatic carbocycles. The Bertz CT molecular complexity index is 754. The molecule has 7 nitrogen and oxygen atoms in total. The number of nitrogens with zero attached hydrogens (tertiary/aromatic N) is 2. The first-order valence-electron chi connectivity index (χ1n) is 8.40.